The van der Waals surface area contributed by atoms with Crippen LogP contribution in [-0.4, -0.2) is 7.11 Å². The summed E-state index contributed by atoms with van der Waals surface area (Å²) in [7, 11) is 1.69. The van der Waals surface area contributed by atoms with Gasteiger partial charge < -0.3 is 10.5 Å². The molecule has 0 saturated carbocycles. The fourth-order valence-corrected chi connectivity index (χ4v) is 1.86. The molecular weight excluding hydrogens is 198 g/mol. The molecule has 1 rings (SSSR count). The molecule has 0 radical (unpaired) electrons. The number of methoxy groups -OCH3 is 1. The second-order valence-corrected chi connectivity index (χ2v) is 4.80. The maximum absolute atomic E-state index is 6.19. The van der Waals surface area contributed by atoms with Crippen molar-refractivity contribution in [1.29, 1.82) is 0 Å². The fraction of sp³-hybridized carbons (Fsp3) is 0.571. The number of nitrogens with two attached hydrogens (primary N) is 1. The summed E-state index contributed by atoms with van der Waals surface area (Å²) in [5, 5.41) is 0. The van der Waals surface area contributed by atoms with Crippen LogP contribution in [0.15, 0.2) is 18.2 Å². The van der Waals surface area contributed by atoms with Crippen LogP contribution >= 0.6 is 0 Å². The third-order valence-electron chi connectivity index (χ3n) is 2.93. The van der Waals surface area contributed by atoms with Gasteiger partial charge in [-0.05, 0) is 48.9 Å². The quantitative estimate of drug-likeness (QED) is 0.826. The number of rotatable bonds is 5. The molecule has 2 N–H and O–H groups in total. The molecule has 16 heavy (non-hydrogen) atoms. The van der Waals surface area contributed by atoms with Crippen molar-refractivity contribution in [2.45, 2.75) is 39.7 Å². The summed E-state index contributed by atoms with van der Waals surface area (Å²) < 4.78 is 5.19. The van der Waals surface area contributed by atoms with Crippen molar-refractivity contribution in [1.82, 2.24) is 0 Å². The van der Waals surface area contributed by atoms with Crippen LogP contribution < -0.4 is 10.5 Å². The number of hydrogen-bond acceptors (Lipinski definition) is 2. The molecule has 1 aromatic carbocycles. The van der Waals surface area contributed by atoms with E-state index >= 15 is 0 Å². The minimum absolute atomic E-state index is 0.147. The van der Waals surface area contributed by atoms with Gasteiger partial charge in [0.2, 0.25) is 0 Å². The Balaban J connectivity index is 2.71. The largest absolute Gasteiger partial charge is 0.497 e. The fourth-order valence-electron chi connectivity index (χ4n) is 1.86. The Morgan fingerprint density at radius 2 is 1.94 bits per heavy atom. The molecule has 1 aromatic rings. The van der Waals surface area contributed by atoms with E-state index in [4.69, 9.17) is 10.5 Å². The molecule has 0 heterocycles. The zero-order valence-electron chi connectivity index (χ0n) is 10.8. The highest BCUT2D eigenvalue weighted by Gasteiger charge is 2.10. The molecule has 1 atom stereocenters. The van der Waals surface area contributed by atoms with Crippen molar-refractivity contribution in [2.24, 2.45) is 11.7 Å². The molecule has 0 saturated heterocycles. The molecule has 0 fully saturated rings. The summed E-state index contributed by atoms with van der Waals surface area (Å²) in [6, 6.07) is 6.26. The van der Waals surface area contributed by atoms with Gasteiger partial charge in [0, 0.05) is 6.04 Å². The lowest BCUT2D eigenvalue weighted by molar-refractivity contribution is 0.414. The van der Waals surface area contributed by atoms with E-state index in [0.29, 0.717) is 5.92 Å². The van der Waals surface area contributed by atoms with Crippen molar-refractivity contribution in [3.63, 3.8) is 0 Å². The molecular formula is C14H23NO. The van der Waals surface area contributed by atoms with Gasteiger partial charge in [0.1, 0.15) is 5.75 Å². The second kappa shape index (κ2) is 5.90. The van der Waals surface area contributed by atoms with E-state index in [-0.39, 0.29) is 6.04 Å². The van der Waals surface area contributed by atoms with Gasteiger partial charge in [0.25, 0.3) is 0 Å². The predicted octanol–water partition coefficient (Wildman–Crippen LogP) is 3.44. The first-order chi connectivity index (χ1) is 7.54. The first-order valence-electron chi connectivity index (χ1n) is 5.94. The highest BCUT2D eigenvalue weighted by Crippen LogP contribution is 2.24. The highest BCUT2D eigenvalue weighted by molar-refractivity contribution is 5.36. The molecule has 0 spiro atoms. The molecule has 90 valence electrons. The van der Waals surface area contributed by atoms with Crippen molar-refractivity contribution >= 4 is 0 Å². The summed E-state index contributed by atoms with van der Waals surface area (Å²) in [4.78, 5) is 0. The zero-order chi connectivity index (χ0) is 12.1. The smallest absolute Gasteiger partial charge is 0.119 e. The van der Waals surface area contributed by atoms with E-state index in [1.807, 2.05) is 12.1 Å². The van der Waals surface area contributed by atoms with Gasteiger partial charge in [-0.15, -0.1) is 0 Å². The Morgan fingerprint density at radius 1 is 1.25 bits per heavy atom. The number of ether oxygens (including phenoxy) is 1. The van der Waals surface area contributed by atoms with E-state index in [9.17, 15) is 0 Å². The van der Waals surface area contributed by atoms with Gasteiger partial charge in [-0.2, -0.15) is 0 Å². The van der Waals surface area contributed by atoms with Gasteiger partial charge in [-0.1, -0.05) is 19.9 Å². The highest BCUT2D eigenvalue weighted by atomic mass is 16.5. The monoisotopic (exact) mass is 221 g/mol. The van der Waals surface area contributed by atoms with Crippen LogP contribution in [0.3, 0.4) is 0 Å². The normalized spacial score (nSPS) is 12.9. The Morgan fingerprint density at radius 3 is 2.44 bits per heavy atom. The second-order valence-electron chi connectivity index (χ2n) is 4.80. The van der Waals surface area contributed by atoms with Crippen LogP contribution in [-0.2, 0) is 0 Å². The molecule has 0 unspecified atom stereocenters. The Hall–Kier alpha value is -1.02. The molecule has 2 nitrogen and oxygen atoms in total. The molecule has 0 bridgehead atoms. The third kappa shape index (κ3) is 3.53. The van der Waals surface area contributed by atoms with Gasteiger partial charge in [0.05, 0.1) is 7.11 Å². The summed E-state index contributed by atoms with van der Waals surface area (Å²) in [5.41, 5.74) is 8.65. The van der Waals surface area contributed by atoms with E-state index < -0.39 is 0 Å². The third-order valence-corrected chi connectivity index (χ3v) is 2.93. The first kappa shape index (κ1) is 13.0. The lowest BCUT2D eigenvalue weighted by Gasteiger charge is -2.16. The van der Waals surface area contributed by atoms with Crippen molar-refractivity contribution in [2.75, 3.05) is 7.11 Å². The number of benzene rings is 1. The average molecular weight is 221 g/mol. The van der Waals surface area contributed by atoms with Crippen molar-refractivity contribution in [3.8, 4) is 5.75 Å². The van der Waals surface area contributed by atoms with Gasteiger partial charge in [0.15, 0.2) is 0 Å². The van der Waals surface area contributed by atoms with Crippen molar-refractivity contribution < 1.29 is 4.74 Å². The van der Waals surface area contributed by atoms with E-state index in [0.717, 1.165) is 12.2 Å². The minimum atomic E-state index is 0.147. The summed E-state index contributed by atoms with van der Waals surface area (Å²) in [6.45, 7) is 6.55. The lowest BCUT2D eigenvalue weighted by Crippen LogP contribution is -2.12. The van der Waals surface area contributed by atoms with Gasteiger partial charge in [-0.25, -0.2) is 0 Å². The number of aryl methyl sites for hydroxylation is 1. The maximum atomic E-state index is 6.19. The van der Waals surface area contributed by atoms with Crippen LogP contribution in [0.5, 0.6) is 5.75 Å². The molecule has 2 heteroatoms. The van der Waals surface area contributed by atoms with Crippen LogP contribution in [0.4, 0.5) is 0 Å². The Bertz CT molecular complexity index is 334. The lowest BCUT2D eigenvalue weighted by atomic mass is 9.95. The maximum Gasteiger partial charge on any atom is 0.119 e. The van der Waals surface area contributed by atoms with Crippen molar-refractivity contribution in [3.05, 3.63) is 29.3 Å². The molecule has 0 aromatic heterocycles. The Labute approximate surface area is 98.8 Å². The summed E-state index contributed by atoms with van der Waals surface area (Å²) in [6.07, 6.45) is 2.22. The van der Waals surface area contributed by atoms with Crippen LogP contribution in [0.2, 0.25) is 0 Å². The topological polar surface area (TPSA) is 35.2 Å². The molecule has 0 aliphatic carbocycles. The van der Waals surface area contributed by atoms with Crippen LogP contribution in [0.25, 0.3) is 0 Å². The van der Waals surface area contributed by atoms with Crippen LogP contribution in [0, 0.1) is 12.8 Å². The molecule has 0 amide bonds. The Kier molecular flexibility index (Phi) is 4.81. The SMILES string of the molecule is COc1ccc([C@H](N)CCC(C)C)c(C)c1. The summed E-state index contributed by atoms with van der Waals surface area (Å²) >= 11 is 0. The van der Waals surface area contributed by atoms with Crippen LogP contribution in [0.1, 0.15) is 43.9 Å². The van der Waals surface area contributed by atoms with Gasteiger partial charge >= 0.3 is 0 Å². The van der Waals surface area contributed by atoms with E-state index in [1.165, 1.54) is 17.5 Å². The zero-order valence-corrected chi connectivity index (χ0v) is 10.8. The molecule has 0 aliphatic rings. The summed E-state index contributed by atoms with van der Waals surface area (Å²) in [5.74, 6) is 1.61. The van der Waals surface area contributed by atoms with E-state index in [1.54, 1.807) is 7.11 Å². The van der Waals surface area contributed by atoms with E-state index in [2.05, 4.69) is 26.8 Å². The van der Waals surface area contributed by atoms with Gasteiger partial charge in [-0.3, -0.25) is 0 Å². The average Bonchev–Trinajstić information content (AvgIpc) is 2.25. The molecule has 0 aliphatic heterocycles. The standard InChI is InChI=1S/C14H23NO/c1-10(2)5-8-14(15)13-7-6-12(16-4)9-11(13)3/h6-7,9-10,14H,5,8,15H2,1-4H3/t14-/m1/s1. The number of hydrogen-bond donors (Lipinski definition) is 1. The predicted molar refractivity (Wildman–Crippen MR) is 68.7 cm³/mol. The minimum Gasteiger partial charge on any atom is -0.497 e. The first-order valence-corrected chi connectivity index (χ1v) is 5.94.